The average molecular weight is 471 g/mol. The zero-order valence-electron chi connectivity index (χ0n) is 19.2. The first kappa shape index (κ1) is 22.2. The maximum atomic E-state index is 13.7. The van der Waals surface area contributed by atoms with Gasteiger partial charge < -0.3 is 4.90 Å². The summed E-state index contributed by atoms with van der Waals surface area (Å²) < 4.78 is 28.8. The Morgan fingerprint density at radius 1 is 0.941 bits per heavy atom. The van der Waals surface area contributed by atoms with Crippen LogP contribution >= 0.6 is 0 Å². The Bertz CT molecular complexity index is 1490. The van der Waals surface area contributed by atoms with Crippen LogP contribution in [0, 0.1) is 0 Å². The van der Waals surface area contributed by atoms with Crippen molar-refractivity contribution in [2.24, 2.45) is 0 Å². The number of hydrogen-bond acceptors (Lipinski definition) is 3. The smallest absolute Gasteiger partial charge is 0.264 e. The van der Waals surface area contributed by atoms with E-state index < -0.39 is 10.0 Å². The highest BCUT2D eigenvalue weighted by molar-refractivity contribution is 7.92. The lowest BCUT2D eigenvalue weighted by Crippen LogP contribution is -2.36. The van der Waals surface area contributed by atoms with E-state index in [-0.39, 0.29) is 16.8 Å². The molecule has 1 aliphatic heterocycles. The van der Waals surface area contributed by atoms with Crippen molar-refractivity contribution in [2.75, 3.05) is 15.7 Å². The van der Waals surface area contributed by atoms with Gasteiger partial charge in [0.05, 0.1) is 16.3 Å². The molecule has 0 fully saturated rings. The van der Waals surface area contributed by atoms with Gasteiger partial charge in [-0.05, 0) is 61.5 Å². The van der Waals surface area contributed by atoms with E-state index in [9.17, 15) is 13.2 Å². The molecule has 34 heavy (non-hydrogen) atoms. The summed E-state index contributed by atoms with van der Waals surface area (Å²) in [4.78, 5) is 15.4. The topological polar surface area (TPSA) is 57.7 Å². The number of hydrogen-bond donors (Lipinski definition) is 0. The number of para-hydroxylation sites is 1. The number of carbonyl (C=O) groups excluding carboxylic acids is 1. The molecule has 0 radical (unpaired) electrons. The zero-order chi connectivity index (χ0) is 23.9. The van der Waals surface area contributed by atoms with E-state index in [0.717, 1.165) is 22.0 Å². The SMILES string of the molecule is CCN(C(=O)c1cccc(S(=O)(=O)N2c3ccccc3C[C@H]2C)c1)c1cccc2ccccc12. The van der Waals surface area contributed by atoms with Crippen LogP contribution in [0.4, 0.5) is 11.4 Å². The van der Waals surface area contributed by atoms with E-state index in [1.807, 2.05) is 80.6 Å². The van der Waals surface area contributed by atoms with Gasteiger partial charge >= 0.3 is 0 Å². The Morgan fingerprint density at radius 2 is 1.65 bits per heavy atom. The van der Waals surface area contributed by atoms with E-state index in [2.05, 4.69) is 0 Å². The van der Waals surface area contributed by atoms with Gasteiger partial charge in [0.2, 0.25) is 0 Å². The summed E-state index contributed by atoms with van der Waals surface area (Å²) in [5, 5.41) is 2.02. The van der Waals surface area contributed by atoms with E-state index in [0.29, 0.717) is 24.2 Å². The summed E-state index contributed by atoms with van der Waals surface area (Å²) in [7, 11) is -3.83. The predicted octanol–water partition coefficient (Wildman–Crippen LogP) is 5.65. The summed E-state index contributed by atoms with van der Waals surface area (Å²) in [5.74, 6) is -0.231. The largest absolute Gasteiger partial charge is 0.308 e. The lowest BCUT2D eigenvalue weighted by atomic mass is 10.1. The predicted molar refractivity (Wildman–Crippen MR) is 137 cm³/mol. The Kier molecular flexibility index (Phi) is 5.62. The van der Waals surface area contributed by atoms with Gasteiger partial charge in [-0.15, -0.1) is 0 Å². The first-order chi connectivity index (χ1) is 16.4. The second kappa shape index (κ2) is 8.61. The van der Waals surface area contributed by atoms with Crippen molar-refractivity contribution < 1.29 is 13.2 Å². The van der Waals surface area contributed by atoms with Crippen molar-refractivity contribution in [2.45, 2.75) is 31.2 Å². The quantitative estimate of drug-likeness (QED) is 0.379. The van der Waals surface area contributed by atoms with Gasteiger partial charge in [0.15, 0.2) is 0 Å². The number of carbonyl (C=O) groups is 1. The van der Waals surface area contributed by atoms with E-state index in [1.54, 1.807) is 23.1 Å². The number of rotatable bonds is 5. The number of anilines is 2. The molecule has 4 aromatic rings. The summed E-state index contributed by atoms with van der Waals surface area (Å²) in [6, 6.07) is 27.6. The first-order valence-electron chi connectivity index (χ1n) is 11.4. The number of amides is 1. The third-order valence-corrected chi connectivity index (χ3v) is 8.33. The van der Waals surface area contributed by atoms with Crippen LogP contribution in [-0.4, -0.2) is 26.9 Å². The molecule has 4 aromatic carbocycles. The fourth-order valence-corrected chi connectivity index (χ4v) is 6.57. The number of nitrogens with zero attached hydrogens (tertiary/aromatic N) is 2. The maximum absolute atomic E-state index is 13.7. The summed E-state index contributed by atoms with van der Waals surface area (Å²) in [6.07, 6.45) is 0.665. The summed E-state index contributed by atoms with van der Waals surface area (Å²) in [6.45, 7) is 4.29. The maximum Gasteiger partial charge on any atom is 0.264 e. The van der Waals surface area contributed by atoms with Crippen molar-refractivity contribution in [3.05, 3.63) is 102 Å². The molecule has 0 saturated carbocycles. The second-order valence-corrected chi connectivity index (χ2v) is 10.4. The third kappa shape index (κ3) is 3.64. The normalized spacial score (nSPS) is 15.4. The van der Waals surface area contributed by atoms with Crippen LogP contribution in [0.2, 0.25) is 0 Å². The minimum atomic E-state index is -3.83. The Balaban J connectivity index is 1.53. The molecular formula is C28H26N2O3S. The Hall–Kier alpha value is -3.64. The van der Waals surface area contributed by atoms with E-state index in [4.69, 9.17) is 0 Å². The highest BCUT2D eigenvalue weighted by atomic mass is 32.2. The molecule has 0 aromatic heterocycles. The molecule has 5 nitrogen and oxygen atoms in total. The number of sulfonamides is 1. The van der Waals surface area contributed by atoms with Crippen LogP contribution in [0.15, 0.2) is 95.9 Å². The second-order valence-electron chi connectivity index (χ2n) is 8.56. The molecule has 0 saturated heterocycles. The van der Waals surface area contributed by atoms with Crippen LogP contribution in [0.1, 0.15) is 29.8 Å². The van der Waals surface area contributed by atoms with Crippen LogP contribution in [0.3, 0.4) is 0 Å². The van der Waals surface area contributed by atoms with Crippen molar-refractivity contribution in [1.29, 1.82) is 0 Å². The minimum absolute atomic E-state index is 0.121. The lowest BCUT2D eigenvalue weighted by molar-refractivity contribution is 0.0988. The summed E-state index contributed by atoms with van der Waals surface area (Å²) >= 11 is 0. The van der Waals surface area contributed by atoms with Crippen molar-refractivity contribution in [3.8, 4) is 0 Å². The Morgan fingerprint density at radius 3 is 2.47 bits per heavy atom. The van der Waals surface area contributed by atoms with Gasteiger partial charge in [-0.25, -0.2) is 8.42 Å². The average Bonchev–Trinajstić information content (AvgIpc) is 3.21. The molecule has 5 rings (SSSR count). The zero-order valence-corrected chi connectivity index (χ0v) is 20.0. The van der Waals surface area contributed by atoms with Crippen molar-refractivity contribution >= 4 is 38.1 Å². The number of benzene rings is 4. The van der Waals surface area contributed by atoms with E-state index in [1.165, 1.54) is 10.4 Å². The van der Waals surface area contributed by atoms with Crippen LogP contribution < -0.4 is 9.21 Å². The lowest BCUT2D eigenvalue weighted by Gasteiger charge is -2.25. The molecule has 0 unspecified atom stereocenters. The molecule has 1 heterocycles. The van der Waals surface area contributed by atoms with E-state index >= 15 is 0 Å². The molecule has 1 aliphatic rings. The van der Waals surface area contributed by atoms with Gasteiger partial charge in [0.25, 0.3) is 15.9 Å². The highest BCUT2D eigenvalue weighted by Gasteiger charge is 2.36. The van der Waals surface area contributed by atoms with Crippen LogP contribution in [0.5, 0.6) is 0 Å². The third-order valence-electron chi connectivity index (χ3n) is 6.40. The molecule has 0 bridgehead atoms. The van der Waals surface area contributed by atoms with Crippen molar-refractivity contribution in [1.82, 2.24) is 0 Å². The number of fused-ring (bicyclic) bond motifs is 2. The highest BCUT2D eigenvalue weighted by Crippen LogP contribution is 2.37. The molecule has 0 N–H and O–H groups in total. The van der Waals surface area contributed by atoms with Gasteiger partial charge in [0, 0.05) is 23.5 Å². The van der Waals surface area contributed by atoms with Crippen LogP contribution in [-0.2, 0) is 16.4 Å². The Labute approximate surface area is 200 Å². The molecule has 0 spiro atoms. The fourth-order valence-electron chi connectivity index (χ4n) is 4.83. The van der Waals surface area contributed by atoms with Crippen LogP contribution in [0.25, 0.3) is 10.8 Å². The van der Waals surface area contributed by atoms with Crippen molar-refractivity contribution in [3.63, 3.8) is 0 Å². The standard InChI is InChI=1S/C28H26N2O3S/c1-3-29(27-17-9-12-21-10-4-6-15-25(21)27)28(31)23-13-8-14-24(19-23)34(32,33)30-20(2)18-22-11-5-7-16-26(22)30/h4-17,19-20H,3,18H2,1-2H3/t20-/m1/s1. The molecule has 172 valence electrons. The van der Waals surface area contributed by atoms with Gasteiger partial charge in [-0.3, -0.25) is 9.10 Å². The molecular weight excluding hydrogens is 444 g/mol. The molecule has 6 heteroatoms. The fraction of sp³-hybridized carbons (Fsp3) is 0.179. The minimum Gasteiger partial charge on any atom is -0.308 e. The monoisotopic (exact) mass is 470 g/mol. The van der Waals surface area contributed by atoms with Gasteiger partial charge in [0.1, 0.15) is 0 Å². The van der Waals surface area contributed by atoms with Gasteiger partial charge in [-0.1, -0.05) is 60.7 Å². The summed E-state index contributed by atoms with van der Waals surface area (Å²) in [5.41, 5.74) is 2.87. The molecule has 0 aliphatic carbocycles. The molecule has 1 amide bonds. The van der Waals surface area contributed by atoms with Gasteiger partial charge in [-0.2, -0.15) is 0 Å². The first-order valence-corrected chi connectivity index (χ1v) is 12.9. The molecule has 1 atom stereocenters.